The average molecular weight is 463 g/mol. The zero-order valence-corrected chi connectivity index (χ0v) is 18.8. The van der Waals surface area contributed by atoms with Crippen LogP contribution in [0.15, 0.2) is 82.3 Å². The van der Waals surface area contributed by atoms with Crippen molar-refractivity contribution < 1.29 is 8.91 Å². The summed E-state index contributed by atoms with van der Waals surface area (Å²) >= 11 is 7.38. The summed E-state index contributed by atoms with van der Waals surface area (Å²) in [7, 11) is 0. The molecule has 1 atom stereocenters. The highest BCUT2D eigenvalue weighted by Gasteiger charge is 2.34. The summed E-state index contributed by atoms with van der Waals surface area (Å²) in [6.07, 6.45) is 0. The number of hydrogen-bond acceptors (Lipinski definition) is 5. The normalized spacial score (nSPS) is 16.4. The lowest BCUT2D eigenvalue weighted by molar-refractivity contribution is 0.396. The van der Waals surface area contributed by atoms with E-state index in [1.807, 2.05) is 53.6 Å². The first kappa shape index (κ1) is 20.5. The Hall–Kier alpha value is -3.36. The number of benzene rings is 2. The number of thiocarbonyl (C=S) groups is 1. The minimum Gasteiger partial charge on any atom is -0.351 e. The summed E-state index contributed by atoms with van der Waals surface area (Å²) in [4.78, 5) is 7.90. The Kier molecular flexibility index (Phi) is 5.55. The van der Waals surface area contributed by atoms with Gasteiger partial charge in [0.1, 0.15) is 5.82 Å². The van der Waals surface area contributed by atoms with E-state index in [0.717, 1.165) is 22.4 Å². The van der Waals surface area contributed by atoms with E-state index in [4.69, 9.17) is 16.7 Å². The van der Waals surface area contributed by atoms with E-state index in [0.29, 0.717) is 23.4 Å². The number of thiophene rings is 1. The number of nitrogens with zero attached hydrogens (tertiary/aromatic N) is 3. The molecule has 0 aliphatic carbocycles. The van der Waals surface area contributed by atoms with Crippen molar-refractivity contribution >= 4 is 34.2 Å². The van der Waals surface area contributed by atoms with Crippen molar-refractivity contribution in [3.8, 4) is 11.4 Å². The Morgan fingerprint density at radius 2 is 1.88 bits per heavy atom. The molecule has 1 aliphatic heterocycles. The molecule has 0 fully saturated rings. The van der Waals surface area contributed by atoms with Gasteiger partial charge >= 0.3 is 0 Å². The van der Waals surface area contributed by atoms with E-state index in [1.165, 1.54) is 17.0 Å². The molecule has 0 saturated carbocycles. The number of hydrogen-bond donors (Lipinski definition) is 1. The second-order valence-electron chi connectivity index (χ2n) is 7.39. The minimum atomic E-state index is -0.341. The molecule has 1 unspecified atom stereocenters. The fourth-order valence-electron chi connectivity index (χ4n) is 3.75. The molecule has 3 heterocycles. The molecular weight excluding hydrogens is 443 g/mol. The number of allylic oxidation sites excluding steroid dienone is 1. The summed E-state index contributed by atoms with van der Waals surface area (Å²) in [6.45, 7) is 2.63. The molecule has 5 nitrogen and oxygen atoms in total. The highest BCUT2D eigenvalue weighted by Crippen LogP contribution is 2.38. The highest BCUT2D eigenvalue weighted by molar-refractivity contribution is 7.80. The number of halogens is 1. The molecule has 0 bridgehead atoms. The van der Waals surface area contributed by atoms with Crippen molar-refractivity contribution in [3.05, 3.63) is 100.0 Å². The van der Waals surface area contributed by atoms with E-state index >= 15 is 0 Å². The smallest absolute Gasteiger partial charge is 0.258 e. The average Bonchev–Trinajstić information content (AvgIpc) is 3.50. The second kappa shape index (κ2) is 8.64. The van der Waals surface area contributed by atoms with Gasteiger partial charge in [-0.05, 0) is 48.3 Å². The molecule has 2 aromatic heterocycles. The first-order chi connectivity index (χ1) is 15.6. The molecule has 0 radical (unpaired) electrons. The quantitative estimate of drug-likeness (QED) is 0.378. The maximum absolute atomic E-state index is 13.6. The SMILES string of the molecule is CC1=C(c2nc(-c3ccccc3)no2)C(c2ccc(F)cc2)NC(=S)N1Cc1cccs1. The third-order valence-electron chi connectivity index (χ3n) is 5.38. The minimum absolute atomic E-state index is 0.294. The van der Waals surface area contributed by atoms with Gasteiger partial charge in [-0.15, -0.1) is 11.3 Å². The zero-order chi connectivity index (χ0) is 22.1. The van der Waals surface area contributed by atoms with Crippen LogP contribution in [0.3, 0.4) is 0 Å². The van der Waals surface area contributed by atoms with Gasteiger partial charge < -0.3 is 14.7 Å². The van der Waals surface area contributed by atoms with Crippen LogP contribution in [0.2, 0.25) is 0 Å². The van der Waals surface area contributed by atoms with Gasteiger partial charge in [0.15, 0.2) is 5.11 Å². The van der Waals surface area contributed by atoms with E-state index in [9.17, 15) is 4.39 Å². The maximum Gasteiger partial charge on any atom is 0.258 e. The molecule has 0 spiro atoms. The molecule has 0 amide bonds. The fourth-order valence-corrected chi connectivity index (χ4v) is 4.76. The van der Waals surface area contributed by atoms with Crippen LogP contribution < -0.4 is 5.32 Å². The molecule has 160 valence electrons. The molecule has 32 heavy (non-hydrogen) atoms. The lowest BCUT2D eigenvalue weighted by Crippen LogP contribution is -2.45. The van der Waals surface area contributed by atoms with E-state index in [2.05, 4.69) is 21.5 Å². The van der Waals surface area contributed by atoms with Crippen molar-refractivity contribution in [2.24, 2.45) is 0 Å². The number of rotatable bonds is 5. The van der Waals surface area contributed by atoms with Gasteiger partial charge in [-0.25, -0.2) is 4.39 Å². The van der Waals surface area contributed by atoms with E-state index in [-0.39, 0.29) is 11.9 Å². The topological polar surface area (TPSA) is 54.2 Å². The monoisotopic (exact) mass is 462 g/mol. The molecule has 5 rings (SSSR count). The van der Waals surface area contributed by atoms with E-state index in [1.54, 1.807) is 23.5 Å². The second-order valence-corrected chi connectivity index (χ2v) is 8.81. The summed E-state index contributed by atoms with van der Waals surface area (Å²) in [6, 6.07) is 19.8. The fraction of sp³-hybridized carbons (Fsp3) is 0.125. The molecule has 2 aromatic carbocycles. The largest absolute Gasteiger partial charge is 0.351 e. The van der Waals surface area contributed by atoms with Crippen LogP contribution in [-0.2, 0) is 6.54 Å². The van der Waals surface area contributed by atoms with Gasteiger partial charge in [0.05, 0.1) is 18.2 Å². The summed E-state index contributed by atoms with van der Waals surface area (Å²) < 4.78 is 19.3. The van der Waals surface area contributed by atoms with Crippen LogP contribution in [0.4, 0.5) is 4.39 Å². The molecule has 1 aliphatic rings. The van der Waals surface area contributed by atoms with Crippen molar-refractivity contribution in [1.29, 1.82) is 0 Å². The van der Waals surface area contributed by atoms with Gasteiger partial charge in [0.25, 0.3) is 5.89 Å². The predicted octanol–water partition coefficient (Wildman–Crippen LogP) is 5.80. The van der Waals surface area contributed by atoms with Crippen LogP contribution in [0, 0.1) is 5.82 Å². The van der Waals surface area contributed by atoms with Crippen LogP contribution in [-0.4, -0.2) is 20.2 Å². The molecular formula is C24H19FN4OS2. The van der Waals surface area contributed by atoms with Crippen molar-refractivity contribution in [2.45, 2.75) is 19.5 Å². The Bertz CT molecular complexity index is 1270. The van der Waals surface area contributed by atoms with Crippen LogP contribution in [0.5, 0.6) is 0 Å². The Morgan fingerprint density at radius 3 is 2.59 bits per heavy atom. The van der Waals surface area contributed by atoms with Crippen molar-refractivity contribution in [2.75, 3.05) is 0 Å². The van der Waals surface area contributed by atoms with Crippen molar-refractivity contribution in [1.82, 2.24) is 20.4 Å². The lowest BCUT2D eigenvalue weighted by atomic mass is 9.94. The summed E-state index contributed by atoms with van der Waals surface area (Å²) in [5.74, 6) is 0.622. The third kappa shape index (κ3) is 3.94. The van der Waals surface area contributed by atoms with Crippen LogP contribution in [0.25, 0.3) is 17.0 Å². The lowest BCUT2D eigenvalue weighted by Gasteiger charge is -2.37. The first-order valence-electron chi connectivity index (χ1n) is 10.1. The molecule has 1 N–H and O–H groups in total. The Labute approximate surface area is 194 Å². The van der Waals surface area contributed by atoms with Crippen LogP contribution in [0.1, 0.15) is 29.3 Å². The molecule has 0 saturated heterocycles. The number of aromatic nitrogens is 2. The van der Waals surface area contributed by atoms with Gasteiger partial charge in [0.2, 0.25) is 5.82 Å². The van der Waals surface area contributed by atoms with Gasteiger partial charge in [-0.2, -0.15) is 4.98 Å². The van der Waals surface area contributed by atoms with Gasteiger partial charge in [-0.1, -0.05) is 53.7 Å². The summed E-state index contributed by atoms with van der Waals surface area (Å²) in [5.41, 5.74) is 3.46. The maximum atomic E-state index is 13.6. The number of nitrogens with one attached hydrogen (secondary N) is 1. The summed E-state index contributed by atoms with van der Waals surface area (Å²) in [5, 5.41) is 10.2. The predicted molar refractivity (Wildman–Crippen MR) is 127 cm³/mol. The van der Waals surface area contributed by atoms with Gasteiger partial charge in [-0.3, -0.25) is 0 Å². The standard InChI is InChI=1S/C24H19FN4OS2/c1-15-20(23-27-22(28-30-23)17-6-3-2-4-7-17)21(16-9-11-18(25)12-10-16)26-24(31)29(15)14-19-8-5-13-32-19/h2-13,21H,14H2,1H3,(H,26,31). The molecule has 4 aromatic rings. The first-order valence-corrected chi connectivity index (χ1v) is 11.3. The van der Waals surface area contributed by atoms with E-state index < -0.39 is 0 Å². The molecule has 8 heteroatoms. The Morgan fingerprint density at radius 1 is 1.09 bits per heavy atom. The highest BCUT2D eigenvalue weighted by atomic mass is 32.1. The Balaban J connectivity index is 1.60. The third-order valence-corrected chi connectivity index (χ3v) is 6.58. The van der Waals surface area contributed by atoms with Gasteiger partial charge in [0, 0.05) is 16.1 Å². The van der Waals surface area contributed by atoms with Crippen molar-refractivity contribution in [3.63, 3.8) is 0 Å². The zero-order valence-electron chi connectivity index (χ0n) is 17.2. The van der Waals surface area contributed by atoms with Crippen LogP contribution >= 0.6 is 23.6 Å².